The van der Waals surface area contributed by atoms with Crippen LogP contribution in [0.5, 0.6) is 0 Å². The number of hydrogen-bond acceptors (Lipinski definition) is 5. The van der Waals surface area contributed by atoms with Gasteiger partial charge in [-0.25, -0.2) is 4.79 Å². The lowest BCUT2D eigenvalue weighted by Gasteiger charge is -2.31. The van der Waals surface area contributed by atoms with E-state index in [2.05, 4.69) is 9.64 Å². The Labute approximate surface area is 158 Å². The van der Waals surface area contributed by atoms with Crippen molar-refractivity contribution in [2.45, 2.75) is 26.0 Å². The van der Waals surface area contributed by atoms with Crippen LogP contribution in [0, 0.1) is 5.92 Å². The molecule has 0 aliphatic carbocycles. The normalized spacial score (nSPS) is 15.9. The maximum Gasteiger partial charge on any atom is 0.373 e. The summed E-state index contributed by atoms with van der Waals surface area (Å²) in [7, 11) is 1.35. The molecule has 1 saturated heterocycles. The van der Waals surface area contributed by atoms with E-state index < -0.39 is 5.97 Å². The molecule has 0 saturated carbocycles. The Morgan fingerprint density at radius 3 is 2.62 bits per heavy atom. The van der Waals surface area contributed by atoms with Gasteiger partial charge in [0.2, 0.25) is 5.76 Å². The van der Waals surface area contributed by atoms with Crippen molar-refractivity contribution in [2.75, 3.05) is 26.8 Å². The number of halogens is 1. The Morgan fingerprint density at radius 2 is 1.92 bits per heavy atom. The van der Waals surface area contributed by atoms with Crippen LogP contribution in [0.2, 0.25) is 5.02 Å². The number of likely N-dealkylation sites (tertiary alicyclic amines) is 1. The molecule has 2 aromatic rings. The Kier molecular flexibility index (Phi) is 6.72. The van der Waals surface area contributed by atoms with Crippen LogP contribution >= 0.6 is 11.6 Å². The van der Waals surface area contributed by atoms with Crippen LogP contribution in [0.4, 0.5) is 0 Å². The Bertz CT molecular complexity index is 705. The molecule has 1 aliphatic heterocycles. The molecule has 0 amide bonds. The number of rotatable bonds is 7. The van der Waals surface area contributed by atoms with E-state index in [0.717, 1.165) is 55.4 Å². The first-order valence-electron chi connectivity index (χ1n) is 8.85. The summed E-state index contributed by atoms with van der Waals surface area (Å²) in [6.07, 6.45) is 2.20. The second-order valence-corrected chi connectivity index (χ2v) is 7.06. The second-order valence-electron chi connectivity index (χ2n) is 6.62. The van der Waals surface area contributed by atoms with Gasteiger partial charge in [-0.15, -0.1) is 0 Å². The lowest BCUT2D eigenvalue weighted by atomic mass is 9.98. The maximum absolute atomic E-state index is 11.4. The third-order valence-electron chi connectivity index (χ3n) is 4.67. The van der Waals surface area contributed by atoms with Crippen LogP contribution in [-0.2, 0) is 22.6 Å². The van der Waals surface area contributed by atoms with Gasteiger partial charge in [-0.1, -0.05) is 23.7 Å². The van der Waals surface area contributed by atoms with Crippen molar-refractivity contribution in [3.05, 3.63) is 58.5 Å². The number of benzene rings is 1. The topological polar surface area (TPSA) is 51.9 Å². The number of methoxy groups -OCH3 is 1. The van der Waals surface area contributed by atoms with Crippen molar-refractivity contribution in [3.63, 3.8) is 0 Å². The summed E-state index contributed by atoms with van der Waals surface area (Å²) in [5.74, 6) is 1.20. The first-order valence-corrected chi connectivity index (χ1v) is 9.23. The summed E-state index contributed by atoms with van der Waals surface area (Å²) in [6, 6.07) is 11.3. The summed E-state index contributed by atoms with van der Waals surface area (Å²) in [6.45, 7) is 4.13. The zero-order valence-electron chi connectivity index (χ0n) is 14.9. The zero-order chi connectivity index (χ0) is 18.4. The first-order chi connectivity index (χ1) is 12.6. The number of carbonyl (C=O) groups excluding carboxylic acids is 1. The predicted molar refractivity (Wildman–Crippen MR) is 99.2 cm³/mol. The summed E-state index contributed by atoms with van der Waals surface area (Å²) >= 11 is 5.89. The Morgan fingerprint density at radius 1 is 1.19 bits per heavy atom. The van der Waals surface area contributed by atoms with E-state index in [1.165, 1.54) is 7.11 Å². The SMILES string of the molecule is COC(=O)c1ccc(CN2CCC(COCc3ccc(Cl)cc3)CC2)o1. The van der Waals surface area contributed by atoms with Gasteiger partial charge in [0.05, 0.1) is 20.3 Å². The lowest BCUT2D eigenvalue weighted by Crippen LogP contribution is -2.34. The third-order valence-corrected chi connectivity index (χ3v) is 4.92. The average Bonchev–Trinajstić information content (AvgIpc) is 3.13. The maximum atomic E-state index is 11.4. The van der Waals surface area contributed by atoms with E-state index in [1.54, 1.807) is 6.07 Å². The number of carbonyl (C=O) groups is 1. The van der Waals surface area contributed by atoms with Crippen molar-refractivity contribution in [2.24, 2.45) is 5.92 Å². The van der Waals surface area contributed by atoms with Gasteiger partial charge < -0.3 is 13.9 Å². The highest BCUT2D eigenvalue weighted by Gasteiger charge is 2.21. The smallest absolute Gasteiger partial charge is 0.373 e. The largest absolute Gasteiger partial charge is 0.463 e. The van der Waals surface area contributed by atoms with Gasteiger partial charge in [0.1, 0.15) is 5.76 Å². The molecule has 0 bridgehead atoms. The van der Waals surface area contributed by atoms with Crippen LogP contribution in [-0.4, -0.2) is 37.7 Å². The molecule has 26 heavy (non-hydrogen) atoms. The van der Waals surface area contributed by atoms with E-state index in [0.29, 0.717) is 12.5 Å². The molecule has 6 heteroatoms. The highest BCUT2D eigenvalue weighted by Crippen LogP contribution is 2.21. The fourth-order valence-corrected chi connectivity index (χ4v) is 3.25. The van der Waals surface area contributed by atoms with Crippen LogP contribution < -0.4 is 0 Å². The van der Waals surface area contributed by atoms with E-state index in [4.69, 9.17) is 20.8 Å². The first kappa shape index (κ1) is 19.0. The monoisotopic (exact) mass is 377 g/mol. The molecule has 1 aromatic heterocycles. The van der Waals surface area contributed by atoms with Crippen LogP contribution in [0.15, 0.2) is 40.8 Å². The number of piperidine rings is 1. The molecule has 3 rings (SSSR count). The van der Waals surface area contributed by atoms with Crippen molar-refractivity contribution in [3.8, 4) is 0 Å². The minimum Gasteiger partial charge on any atom is -0.463 e. The molecule has 0 N–H and O–H groups in total. The van der Waals surface area contributed by atoms with Crippen molar-refractivity contribution in [1.29, 1.82) is 0 Å². The molecule has 1 aliphatic rings. The number of nitrogens with zero attached hydrogens (tertiary/aromatic N) is 1. The van der Waals surface area contributed by atoms with E-state index in [9.17, 15) is 4.79 Å². The molecule has 140 valence electrons. The molecule has 0 radical (unpaired) electrons. The summed E-state index contributed by atoms with van der Waals surface area (Å²) < 4.78 is 16.1. The fourth-order valence-electron chi connectivity index (χ4n) is 3.13. The van der Waals surface area contributed by atoms with Crippen LogP contribution in [0.25, 0.3) is 0 Å². The molecular formula is C20H24ClNO4. The minimum absolute atomic E-state index is 0.257. The molecule has 2 heterocycles. The van der Waals surface area contributed by atoms with E-state index in [-0.39, 0.29) is 5.76 Å². The molecule has 0 unspecified atom stereocenters. The second kappa shape index (κ2) is 9.21. The van der Waals surface area contributed by atoms with Gasteiger partial charge in [0, 0.05) is 11.6 Å². The van der Waals surface area contributed by atoms with Gasteiger partial charge in [-0.05, 0) is 61.7 Å². The van der Waals surface area contributed by atoms with E-state index in [1.807, 2.05) is 30.3 Å². The standard InChI is InChI=1S/C20H24ClNO4/c1-24-20(23)19-7-6-18(26-19)12-22-10-8-16(9-11-22)14-25-13-15-2-4-17(21)5-3-15/h2-7,16H,8-14H2,1H3. The van der Waals surface area contributed by atoms with Gasteiger partial charge in [0.15, 0.2) is 0 Å². The van der Waals surface area contributed by atoms with Crippen LogP contribution in [0.1, 0.15) is 34.7 Å². The molecule has 5 nitrogen and oxygen atoms in total. The molecule has 1 aromatic carbocycles. The van der Waals surface area contributed by atoms with Gasteiger partial charge >= 0.3 is 5.97 Å². The molecule has 0 atom stereocenters. The van der Waals surface area contributed by atoms with Crippen molar-refractivity contribution in [1.82, 2.24) is 4.90 Å². The highest BCUT2D eigenvalue weighted by molar-refractivity contribution is 6.30. The molecule has 0 spiro atoms. The lowest BCUT2D eigenvalue weighted by molar-refractivity contribution is 0.0526. The number of esters is 1. The number of ether oxygens (including phenoxy) is 2. The Hall–Kier alpha value is -1.82. The minimum atomic E-state index is -0.437. The number of hydrogen-bond donors (Lipinski definition) is 0. The van der Waals surface area contributed by atoms with Gasteiger partial charge in [0.25, 0.3) is 0 Å². The molecular weight excluding hydrogens is 354 g/mol. The number of furan rings is 1. The van der Waals surface area contributed by atoms with Gasteiger partial charge in [-0.2, -0.15) is 0 Å². The third kappa shape index (κ3) is 5.34. The van der Waals surface area contributed by atoms with Crippen molar-refractivity contribution < 1.29 is 18.7 Å². The quantitative estimate of drug-likeness (QED) is 0.678. The summed E-state index contributed by atoms with van der Waals surface area (Å²) in [4.78, 5) is 13.8. The van der Waals surface area contributed by atoms with Crippen LogP contribution in [0.3, 0.4) is 0 Å². The fraction of sp³-hybridized carbons (Fsp3) is 0.450. The van der Waals surface area contributed by atoms with Gasteiger partial charge in [-0.3, -0.25) is 4.90 Å². The zero-order valence-corrected chi connectivity index (χ0v) is 15.7. The predicted octanol–water partition coefficient (Wildman–Crippen LogP) is 4.15. The Balaban J connectivity index is 1.36. The summed E-state index contributed by atoms with van der Waals surface area (Å²) in [5.41, 5.74) is 1.14. The van der Waals surface area contributed by atoms with E-state index >= 15 is 0 Å². The molecule has 1 fully saturated rings. The summed E-state index contributed by atoms with van der Waals surface area (Å²) in [5, 5.41) is 0.747. The van der Waals surface area contributed by atoms with Crippen molar-refractivity contribution >= 4 is 17.6 Å². The highest BCUT2D eigenvalue weighted by atomic mass is 35.5. The average molecular weight is 378 g/mol.